The van der Waals surface area contributed by atoms with E-state index < -0.39 is 0 Å². The first-order valence-corrected chi connectivity index (χ1v) is 9.15. The van der Waals surface area contributed by atoms with E-state index in [2.05, 4.69) is 41.7 Å². The summed E-state index contributed by atoms with van der Waals surface area (Å²) in [5.41, 5.74) is 0.745. The molecule has 0 amide bonds. The van der Waals surface area contributed by atoms with E-state index in [4.69, 9.17) is 13.6 Å². The fraction of sp³-hybridized carbons (Fsp3) is 0.133. The SMILES string of the molecule is COc1ccccc1-n1nnnc1SCc1nnc(-c2ccc(Br)o2)o1. The van der Waals surface area contributed by atoms with Crippen molar-refractivity contribution < 1.29 is 13.6 Å². The number of benzene rings is 1. The Morgan fingerprint density at radius 1 is 1.12 bits per heavy atom. The van der Waals surface area contributed by atoms with Gasteiger partial charge >= 0.3 is 0 Å². The summed E-state index contributed by atoms with van der Waals surface area (Å²) in [5.74, 6) is 2.33. The molecule has 4 rings (SSSR count). The quantitative estimate of drug-likeness (QED) is 0.422. The minimum atomic E-state index is 0.315. The zero-order valence-electron chi connectivity index (χ0n) is 13.4. The van der Waals surface area contributed by atoms with Crippen LogP contribution in [0.1, 0.15) is 5.89 Å². The number of furan rings is 1. The average Bonchev–Trinajstić information content (AvgIpc) is 3.40. The minimum Gasteiger partial charge on any atom is -0.494 e. The third-order valence-electron chi connectivity index (χ3n) is 3.33. The summed E-state index contributed by atoms with van der Waals surface area (Å²) in [4.78, 5) is 0. The standard InChI is InChI=1S/C15H11BrN6O3S/c1-23-10-5-3-2-4-9(10)22-15(19-20-21-22)26-8-13-17-18-14(25-13)11-6-7-12(16)24-11/h2-7H,8H2,1H3. The molecule has 0 bridgehead atoms. The van der Waals surface area contributed by atoms with Crippen LogP contribution in [-0.4, -0.2) is 37.5 Å². The third-order valence-corrected chi connectivity index (χ3v) is 4.66. The van der Waals surface area contributed by atoms with Gasteiger partial charge in [0.2, 0.25) is 11.0 Å². The molecular formula is C15H11BrN6O3S. The molecule has 9 nitrogen and oxygen atoms in total. The van der Waals surface area contributed by atoms with Crippen molar-refractivity contribution in [3.63, 3.8) is 0 Å². The first kappa shape index (κ1) is 16.8. The monoisotopic (exact) mass is 434 g/mol. The van der Waals surface area contributed by atoms with Crippen LogP contribution in [0, 0.1) is 0 Å². The highest BCUT2D eigenvalue weighted by molar-refractivity contribution is 9.10. The number of hydrogen-bond donors (Lipinski definition) is 0. The number of methoxy groups -OCH3 is 1. The summed E-state index contributed by atoms with van der Waals surface area (Å²) in [6.07, 6.45) is 0. The van der Waals surface area contributed by atoms with Crippen LogP contribution >= 0.6 is 27.7 Å². The molecule has 3 aromatic heterocycles. The van der Waals surface area contributed by atoms with Gasteiger partial charge in [0.15, 0.2) is 10.4 Å². The van der Waals surface area contributed by atoms with Crippen LogP contribution in [0.2, 0.25) is 0 Å². The van der Waals surface area contributed by atoms with Gasteiger partial charge in [0.25, 0.3) is 5.89 Å². The van der Waals surface area contributed by atoms with Crippen LogP contribution in [0.3, 0.4) is 0 Å². The number of nitrogens with zero attached hydrogens (tertiary/aromatic N) is 6. The first-order valence-electron chi connectivity index (χ1n) is 7.37. The van der Waals surface area contributed by atoms with Crippen molar-refractivity contribution in [2.24, 2.45) is 0 Å². The van der Waals surface area contributed by atoms with Crippen LogP contribution in [-0.2, 0) is 5.75 Å². The van der Waals surface area contributed by atoms with Crippen molar-refractivity contribution in [2.75, 3.05) is 7.11 Å². The van der Waals surface area contributed by atoms with Crippen molar-refractivity contribution in [3.8, 4) is 23.1 Å². The lowest BCUT2D eigenvalue weighted by molar-refractivity contribution is 0.410. The molecule has 132 valence electrons. The van der Waals surface area contributed by atoms with Crippen LogP contribution in [0.5, 0.6) is 5.75 Å². The van der Waals surface area contributed by atoms with Crippen molar-refractivity contribution in [1.29, 1.82) is 0 Å². The summed E-state index contributed by atoms with van der Waals surface area (Å²) in [5, 5.41) is 20.4. The van der Waals surface area contributed by atoms with Crippen LogP contribution in [0.15, 0.2) is 55.1 Å². The van der Waals surface area contributed by atoms with E-state index in [-0.39, 0.29) is 0 Å². The normalized spacial score (nSPS) is 11.0. The molecule has 0 saturated heterocycles. The van der Waals surface area contributed by atoms with Crippen LogP contribution in [0.4, 0.5) is 0 Å². The molecule has 0 atom stereocenters. The second kappa shape index (κ2) is 7.30. The van der Waals surface area contributed by atoms with Gasteiger partial charge in [-0.2, -0.15) is 4.68 Å². The fourth-order valence-corrected chi connectivity index (χ4v) is 3.22. The van der Waals surface area contributed by atoms with E-state index in [1.54, 1.807) is 23.9 Å². The molecule has 4 aromatic rings. The number of para-hydroxylation sites is 2. The summed E-state index contributed by atoms with van der Waals surface area (Å²) in [6, 6.07) is 11.0. The Labute approximate surface area is 159 Å². The largest absolute Gasteiger partial charge is 0.494 e. The molecule has 0 fully saturated rings. The molecular weight excluding hydrogens is 424 g/mol. The van der Waals surface area contributed by atoms with Crippen LogP contribution < -0.4 is 4.74 Å². The first-order chi connectivity index (χ1) is 12.7. The average molecular weight is 435 g/mol. The van der Waals surface area contributed by atoms with Crippen molar-refractivity contribution in [2.45, 2.75) is 10.9 Å². The minimum absolute atomic E-state index is 0.315. The lowest BCUT2D eigenvalue weighted by atomic mass is 10.3. The predicted octanol–water partition coefficient (Wildman–Crippen LogP) is 3.37. The summed E-state index contributed by atoms with van der Waals surface area (Å²) < 4.78 is 18.6. The molecule has 0 aliphatic heterocycles. The third kappa shape index (κ3) is 3.35. The topological polar surface area (TPSA) is 105 Å². The lowest BCUT2D eigenvalue weighted by Crippen LogP contribution is -2.01. The smallest absolute Gasteiger partial charge is 0.283 e. The Balaban J connectivity index is 1.51. The Morgan fingerprint density at radius 3 is 2.81 bits per heavy atom. The van der Waals surface area contributed by atoms with Crippen molar-refractivity contribution in [1.82, 2.24) is 30.4 Å². The summed E-state index contributed by atoms with van der Waals surface area (Å²) in [7, 11) is 1.60. The molecule has 0 spiro atoms. The number of thioether (sulfide) groups is 1. The molecule has 11 heteroatoms. The molecule has 0 saturated carbocycles. The number of ether oxygens (including phenoxy) is 1. The van der Waals surface area contributed by atoms with E-state index in [0.29, 0.717) is 38.9 Å². The van der Waals surface area contributed by atoms with E-state index in [1.165, 1.54) is 11.8 Å². The molecule has 0 aliphatic carbocycles. The van der Waals surface area contributed by atoms with Gasteiger partial charge in [-0.3, -0.25) is 0 Å². The van der Waals surface area contributed by atoms with Gasteiger partial charge < -0.3 is 13.6 Å². The molecule has 26 heavy (non-hydrogen) atoms. The lowest BCUT2D eigenvalue weighted by Gasteiger charge is -2.08. The highest BCUT2D eigenvalue weighted by Gasteiger charge is 2.16. The highest BCUT2D eigenvalue weighted by atomic mass is 79.9. The van der Waals surface area contributed by atoms with E-state index in [9.17, 15) is 0 Å². The van der Waals surface area contributed by atoms with Gasteiger partial charge in [0.1, 0.15) is 11.4 Å². The number of halogens is 1. The van der Waals surface area contributed by atoms with Gasteiger partial charge in [-0.25, -0.2) is 0 Å². The second-order valence-corrected chi connectivity index (χ2v) is 6.66. The Morgan fingerprint density at radius 2 is 2.00 bits per heavy atom. The van der Waals surface area contributed by atoms with Crippen molar-refractivity contribution in [3.05, 3.63) is 47.0 Å². The van der Waals surface area contributed by atoms with Gasteiger partial charge in [0, 0.05) is 0 Å². The Kier molecular flexibility index (Phi) is 4.71. The summed E-state index contributed by atoms with van der Waals surface area (Å²) in [6.45, 7) is 0. The number of hydrogen-bond acceptors (Lipinski definition) is 9. The van der Waals surface area contributed by atoms with Gasteiger partial charge in [-0.05, 0) is 50.6 Å². The molecule has 0 radical (unpaired) electrons. The molecule has 0 N–H and O–H groups in total. The fourth-order valence-electron chi connectivity index (χ4n) is 2.19. The van der Waals surface area contributed by atoms with Crippen LogP contribution in [0.25, 0.3) is 17.3 Å². The second-order valence-electron chi connectivity index (χ2n) is 4.94. The predicted molar refractivity (Wildman–Crippen MR) is 95.0 cm³/mol. The maximum absolute atomic E-state index is 5.61. The zero-order valence-corrected chi connectivity index (χ0v) is 15.8. The Bertz CT molecular complexity index is 1030. The Hall–Kier alpha value is -2.66. The number of rotatable bonds is 6. The van der Waals surface area contributed by atoms with E-state index >= 15 is 0 Å². The van der Waals surface area contributed by atoms with Crippen molar-refractivity contribution >= 4 is 27.7 Å². The van der Waals surface area contributed by atoms with E-state index in [1.807, 2.05) is 24.3 Å². The molecule has 0 aliphatic rings. The number of aromatic nitrogens is 6. The van der Waals surface area contributed by atoms with E-state index in [0.717, 1.165) is 5.69 Å². The molecule has 3 heterocycles. The highest BCUT2D eigenvalue weighted by Crippen LogP contribution is 2.28. The van der Waals surface area contributed by atoms with Gasteiger partial charge in [0.05, 0.1) is 12.9 Å². The van der Waals surface area contributed by atoms with Gasteiger partial charge in [-0.15, -0.1) is 15.3 Å². The number of tetrazole rings is 1. The zero-order chi connectivity index (χ0) is 17.9. The summed E-state index contributed by atoms with van der Waals surface area (Å²) >= 11 is 4.61. The maximum Gasteiger partial charge on any atom is 0.283 e. The maximum atomic E-state index is 5.61. The molecule has 1 aromatic carbocycles. The molecule has 0 unspecified atom stereocenters. The van der Waals surface area contributed by atoms with Gasteiger partial charge in [-0.1, -0.05) is 23.9 Å².